The fourth-order valence-electron chi connectivity index (χ4n) is 1.88. The highest BCUT2D eigenvalue weighted by molar-refractivity contribution is 9.10. The molecule has 0 aliphatic rings. The molecule has 0 heterocycles. The van der Waals surface area contributed by atoms with Crippen LogP contribution in [-0.2, 0) is 11.3 Å². The van der Waals surface area contributed by atoms with Crippen molar-refractivity contribution in [2.45, 2.75) is 33.2 Å². The average molecular weight is 357 g/mol. The summed E-state index contributed by atoms with van der Waals surface area (Å²) in [5.41, 5.74) is 1.13. The quantitative estimate of drug-likeness (QED) is 0.668. The van der Waals surface area contributed by atoms with E-state index >= 15 is 0 Å². The first-order valence-corrected chi connectivity index (χ1v) is 8.15. The lowest BCUT2D eigenvalue weighted by Gasteiger charge is -2.14. The number of carbonyl (C=O) groups is 1. The summed E-state index contributed by atoms with van der Waals surface area (Å²) < 4.78 is 6.80. The van der Waals surface area contributed by atoms with Gasteiger partial charge in [-0.3, -0.25) is 4.79 Å². The van der Waals surface area contributed by atoms with Crippen LogP contribution in [0.15, 0.2) is 22.7 Å². The summed E-state index contributed by atoms with van der Waals surface area (Å²) in [6, 6.07) is 6.04. The molecule has 0 aromatic heterocycles. The second kappa shape index (κ2) is 9.79. The first-order valence-electron chi connectivity index (χ1n) is 7.36. The van der Waals surface area contributed by atoms with Gasteiger partial charge in [0.1, 0.15) is 5.75 Å². The molecule has 2 N–H and O–H groups in total. The predicted molar refractivity (Wildman–Crippen MR) is 89.5 cm³/mol. The van der Waals surface area contributed by atoms with Crippen LogP contribution < -0.4 is 15.4 Å². The van der Waals surface area contributed by atoms with Gasteiger partial charge in [0.2, 0.25) is 5.91 Å². The number of nitrogens with one attached hydrogen (secondary N) is 2. The molecule has 0 spiro atoms. The molecule has 0 bridgehead atoms. The Hall–Kier alpha value is -1.07. The number of para-hydroxylation sites is 1. The van der Waals surface area contributed by atoms with Crippen LogP contribution in [-0.4, -0.2) is 26.1 Å². The van der Waals surface area contributed by atoms with E-state index in [9.17, 15) is 4.79 Å². The fraction of sp³-hybridized carbons (Fsp3) is 0.562. The van der Waals surface area contributed by atoms with Gasteiger partial charge in [0.25, 0.3) is 0 Å². The molecule has 0 saturated carbocycles. The van der Waals surface area contributed by atoms with E-state index in [2.05, 4.69) is 46.5 Å². The second-order valence-corrected chi connectivity index (χ2v) is 6.23. The first-order chi connectivity index (χ1) is 10.0. The van der Waals surface area contributed by atoms with Crippen LogP contribution in [0.5, 0.6) is 5.75 Å². The summed E-state index contributed by atoms with van der Waals surface area (Å²) in [6.07, 6.45) is 1.20. The van der Waals surface area contributed by atoms with Crippen molar-refractivity contribution >= 4 is 21.8 Å². The Morgan fingerprint density at radius 1 is 1.38 bits per heavy atom. The van der Waals surface area contributed by atoms with Gasteiger partial charge in [-0.25, -0.2) is 0 Å². The van der Waals surface area contributed by atoms with Gasteiger partial charge in [-0.05, 0) is 40.9 Å². The lowest BCUT2D eigenvalue weighted by molar-refractivity contribution is -0.120. The summed E-state index contributed by atoms with van der Waals surface area (Å²) in [5.74, 6) is 1.53. The van der Waals surface area contributed by atoms with Gasteiger partial charge in [0.15, 0.2) is 0 Å². The molecule has 1 amide bonds. The predicted octanol–water partition coefficient (Wildman–Crippen LogP) is 3.10. The summed E-state index contributed by atoms with van der Waals surface area (Å²) in [6.45, 7) is 6.66. The molecule has 21 heavy (non-hydrogen) atoms. The molecule has 0 unspecified atom stereocenters. The van der Waals surface area contributed by atoms with Gasteiger partial charge in [-0.2, -0.15) is 0 Å². The van der Waals surface area contributed by atoms with E-state index < -0.39 is 0 Å². The lowest BCUT2D eigenvalue weighted by atomic mass is 10.2. The zero-order valence-corrected chi connectivity index (χ0v) is 14.6. The number of halogens is 1. The van der Waals surface area contributed by atoms with E-state index in [0.29, 0.717) is 25.4 Å². The highest BCUT2D eigenvalue weighted by atomic mass is 79.9. The molecule has 0 atom stereocenters. The van der Waals surface area contributed by atoms with E-state index in [4.69, 9.17) is 4.74 Å². The van der Waals surface area contributed by atoms with Crippen LogP contribution in [0.2, 0.25) is 0 Å². The third-order valence-electron chi connectivity index (χ3n) is 2.99. The molecule has 0 aliphatic carbocycles. The Kier molecular flexibility index (Phi) is 8.38. The SMILES string of the molecule is CNC(=O)CCCOc1c(Br)cccc1CNCC(C)C. The molecule has 0 saturated heterocycles. The van der Waals surface area contributed by atoms with Gasteiger partial charge in [0, 0.05) is 25.6 Å². The maximum absolute atomic E-state index is 11.2. The van der Waals surface area contributed by atoms with Crippen molar-refractivity contribution in [1.29, 1.82) is 0 Å². The molecule has 0 aliphatic heterocycles. The number of amides is 1. The molecule has 0 radical (unpaired) electrons. The molecular formula is C16H25BrN2O2. The maximum atomic E-state index is 11.2. The van der Waals surface area contributed by atoms with Gasteiger partial charge in [-0.15, -0.1) is 0 Å². The summed E-state index contributed by atoms with van der Waals surface area (Å²) >= 11 is 3.53. The van der Waals surface area contributed by atoms with Crippen molar-refractivity contribution in [2.75, 3.05) is 20.2 Å². The maximum Gasteiger partial charge on any atom is 0.219 e. The van der Waals surface area contributed by atoms with E-state index in [0.717, 1.165) is 28.9 Å². The standard InChI is InChI=1S/C16H25BrN2O2/c1-12(2)10-19-11-13-6-4-7-14(17)16(13)21-9-5-8-15(20)18-3/h4,6-7,12,19H,5,8-11H2,1-3H3,(H,18,20). The van der Waals surface area contributed by atoms with Gasteiger partial charge in [-0.1, -0.05) is 26.0 Å². The molecule has 1 rings (SSSR count). The molecule has 0 fully saturated rings. The third-order valence-corrected chi connectivity index (χ3v) is 3.61. The minimum Gasteiger partial charge on any atom is -0.492 e. The van der Waals surface area contributed by atoms with Crippen LogP contribution in [0.1, 0.15) is 32.3 Å². The van der Waals surface area contributed by atoms with Crippen molar-refractivity contribution in [3.05, 3.63) is 28.2 Å². The van der Waals surface area contributed by atoms with Crippen LogP contribution in [0.4, 0.5) is 0 Å². The van der Waals surface area contributed by atoms with Crippen molar-refractivity contribution in [3.63, 3.8) is 0 Å². The van der Waals surface area contributed by atoms with Crippen LogP contribution in [0, 0.1) is 5.92 Å². The minimum atomic E-state index is 0.0459. The Morgan fingerprint density at radius 2 is 2.14 bits per heavy atom. The van der Waals surface area contributed by atoms with Crippen LogP contribution >= 0.6 is 15.9 Å². The summed E-state index contributed by atoms with van der Waals surface area (Å²) in [5, 5.41) is 6.03. The van der Waals surface area contributed by atoms with Crippen LogP contribution in [0.3, 0.4) is 0 Å². The van der Waals surface area contributed by atoms with Crippen molar-refractivity contribution in [3.8, 4) is 5.75 Å². The van der Waals surface area contributed by atoms with Crippen molar-refractivity contribution in [2.24, 2.45) is 5.92 Å². The van der Waals surface area contributed by atoms with Crippen molar-refractivity contribution in [1.82, 2.24) is 10.6 Å². The minimum absolute atomic E-state index is 0.0459. The normalized spacial score (nSPS) is 10.7. The number of hydrogen-bond acceptors (Lipinski definition) is 3. The molecule has 118 valence electrons. The highest BCUT2D eigenvalue weighted by Gasteiger charge is 2.08. The number of ether oxygens (including phenoxy) is 1. The van der Waals surface area contributed by atoms with E-state index in [1.165, 1.54) is 0 Å². The Labute approximate surface area is 135 Å². The topological polar surface area (TPSA) is 50.4 Å². The lowest BCUT2D eigenvalue weighted by Crippen LogP contribution is -2.20. The molecule has 1 aromatic carbocycles. The highest BCUT2D eigenvalue weighted by Crippen LogP contribution is 2.29. The molecule has 4 nitrogen and oxygen atoms in total. The average Bonchev–Trinajstić information content (AvgIpc) is 2.45. The van der Waals surface area contributed by atoms with E-state index in [-0.39, 0.29) is 5.91 Å². The Morgan fingerprint density at radius 3 is 2.81 bits per heavy atom. The third kappa shape index (κ3) is 6.96. The summed E-state index contributed by atoms with van der Waals surface area (Å²) in [7, 11) is 1.65. The smallest absolute Gasteiger partial charge is 0.219 e. The Balaban J connectivity index is 2.52. The zero-order chi connectivity index (χ0) is 15.7. The first kappa shape index (κ1) is 18.0. The largest absolute Gasteiger partial charge is 0.492 e. The van der Waals surface area contributed by atoms with Crippen LogP contribution in [0.25, 0.3) is 0 Å². The van der Waals surface area contributed by atoms with Crippen molar-refractivity contribution < 1.29 is 9.53 Å². The number of hydrogen-bond donors (Lipinski definition) is 2. The van der Waals surface area contributed by atoms with Gasteiger partial charge < -0.3 is 15.4 Å². The Bertz CT molecular complexity index is 450. The van der Waals surface area contributed by atoms with E-state index in [1.54, 1.807) is 7.05 Å². The van der Waals surface area contributed by atoms with E-state index in [1.807, 2.05) is 12.1 Å². The number of benzene rings is 1. The fourth-order valence-corrected chi connectivity index (χ4v) is 2.40. The van der Waals surface area contributed by atoms with Gasteiger partial charge >= 0.3 is 0 Å². The van der Waals surface area contributed by atoms with Gasteiger partial charge in [0.05, 0.1) is 11.1 Å². The molecule has 5 heteroatoms. The second-order valence-electron chi connectivity index (χ2n) is 5.38. The zero-order valence-electron chi connectivity index (χ0n) is 13.0. The number of carbonyl (C=O) groups excluding carboxylic acids is 1. The monoisotopic (exact) mass is 356 g/mol. The summed E-state index contributed by atoms with van der Waals surface area (Å²) in [4.78, 5) is 11.2. The molecular weight excluding hydrogens is 332 g/mol. The molecule has 1 aromatic rings. The number of rotatable bonds is 9.